The van der Waals surface area contributed by atoms with Gasteiger partial charge in [-0.15, -0.1) is 0 Å². The summed E-state index contributed by atoms with van der Waals surface area (Å²) in [5.74, 6) is -0.334. The summed E-state index contributed by atoms with van der Waals surface area (Å²) < 4.78 is 1.35. The molecule has 1 atom stereocenters. The Morgan fingerprint density at radius 1 is 1.00 bits per heavy atom. The predicted molar refractivity (Wildman–Crippen MR) is 112 cm³/mol. The van der Waals surface area contributed by atoms with Crippen LogP contribution in [0.15, 0.2) is 83.9 Å². The van der Waals surface area contributed by atoms with Gasteiger partial charge in [0.25, 0.3) is 11.5 Å². The normalized spacial score (nSPS) is 11.9. The second-order valence-corrected chi connectivity index (χ2v) is 6.82. The number of hydrogen-bond donors (Lipinski definition) is 1. The highest BCUT2D eigenvalue weighted by Crippen LogP contribution is 2.16. The quantitative estimate of drug-likeness (QED) is 0.573. The predicted octanol–water partition coefficient (Wildman–Crippen LogP) is 3.33. The van der Waals surface area contributed by atoms with Gasteiger partial charge in [0.15, 0.2) is 5.69 Å². The van der Waals surface area contributed by atoms with Crippen LogP contribution in [0.4, 0.5) is 0 Å². The Morgan fingerprint density at radius 2 is 1.72 bits per heavy atom. The zero-order valence-corrected chi connectivity index (χ0v) is 15.9. The van der Waals surface area contributed by atoms with E-state index in [0.717, 1.165) is 11.1 Å². The Bertz CT molecular complexity index is 1200. The number of amides is 1. The van der Waals surface area contributed by atoms with Gasteiger partial charge in [-0.25, -0.2) is 4.68 Å². The minimum absolute atomic E-state index is 0.221. The lowest BCUT2D eigenvalue weighted by Gasteiger charge is -2.15. The number of fused-ring (bicyclic) bond motifs is 1. The lowest BCUT2D eigenvalue weighted by molar-refractivity contribution is 0.0934. The van der Waals surface area contributed by atoms with Crippen molar-refractivity contribution in [3.8, 4) is 0 Å². The molecule has 29 heavy (non-hydrogen) atoms. The molecule has 1 amide bonds. The summed E-state index contributed by atoms with van der Waals surface area (Å²) in [5.41, 5.74) is 1.84. The summed E-state index contributed by atoms with van der Waals surface area (Å²) in [6.45, 7) is 2.18. The number of nitrogens with zero attached hydrogens (tertiary/aromatic N) is 3. The summed E-state index contributed by atoms with van der Waals surface area (Å²) in [7, 11) is 0. The second-order valence-electron chi connectivity index (χ2n) is 6.82. The molecule has 0 radical (unpaired) electrons. The third-order valence-corrected chi connectivity index (χ3v) is 4.79. The van der Waals surface area contributed by atoms with Gasteiger partial charge in [0, 0.05) is 17.8 Å². The van der Waals surface area contributed by atoms with Gasteiger partial charge in [-0.3, -0.25) is 14.6 Å². The van der Waals surface area contributed by atoms with E-state index >= 15 is 0 Å². The number of hydrogen-bond acceptors (Lipinski definition) is 4. The van der Waals surface area contributed by atoms with Crippen LogP contribution < -0.4 is 10.9 Å². The fourth-order valence-electron chi connectivity index (χ4n) is 3.25. The van der Waals surface area contributed by atoms with Crippen LogP contribution in [0.3, 0.4) is 0 Å². The summed E-state index contributed by atoms with van der Waals surface area (Å²) in [4.78, 5) is 30.1. The van der Waals surface area contributed by atoms with Crippen LogP contribution in [-0.2, 0) is 6.54 Å². The van der Waals surface area contributed by atoms with Crippen molar-refractivity contribution in [2.45, 2.75) is 19.5 Å². The molecule has 6 nitrogen and oxygen atoms in total. The lowest BCUT2D eigenvalue weighted by Crippen LogP contribution is -2.32. The first-order valence-electron chi connectivity index (χ1n) is 9.38. The topological polar surface area (TPSA) is 76.9 Å². The van der Waals surface area contributed by atoms with Crippen LogP contribution in [-0.4, -0.2) is 20.7 Å². The maximum Gasteiger partial charge on any atom is 0.274 e. The van der Waals surface area contributed by atoms with Gasteiger partial charge in [0.2, 0.25) is 0 Å². The first-order chi connectivity index (χ1) is 14.1. The van der Waals surface area contributed by atoms with Crippen LogP contribution in [0.25, 0.3) is 10.8 Å². The molecule has 4 aromatic rings. The molecule has 0 aliphatic carbocycles. The maximum atomic E-state index is 13.0. The van der Waals surface area contributed by atoms with E-state index in [-0.39, 0.29) is 23.2 Å². The molecule has 2 aromatic heterocycles. The Kier molecular flexibility index (Phi) is 5.16. The van der Waals surface area contributed by atoms with Gasteiger partial charge < -0.3 is 5.32 Å². The minimum atomic E-state index is -0.334. The van der Waals surface area contributed by atoms with Crippen LogP contribution in [0.2, 0.25) is 0 Å². The van der Waals surface area contributed by atoms with Crippen molar-refractivity contribution in [2.75, 3.05) is 0 Å². The van der Waals surface area contributed by atoms with Crippen LogP contribution >= 0.6 is 0 Å². The molecule has 144 valence electrons. The molecule has 0 spiro atoms. The molecule has 0 aliphatic heterocycles. The van der Waals surface area contributed by atoms with Gasteiger partial charge in [-0.05, 0) is 30.2 Å². The third-order valence-electron chi connectivity index (χ3n) is 4.79. The van der Waals surface area contributed by atoms with Gasteiger partial charge in [0.1, 0.15) is 0 Å². The Labute approximate surface area is 167 Å². The zero-order valence-electron chi connectivity index (χ0n) is 15.9. The third kappa shape index (κ3) is 3.91. The van der Waals surface area contributed by atoms with E-state index in [1.165, 1.54) is 4.68 Å². The number of pyridine rings is 1. The van der Waals surface area contributed by atoms with Gasteiger partial charge in [-0.1, -0.05) is 54.6 Å². The number of nitrogens with one attached hydrogen (secondary N) is 1. The van der Waals surface area contributed by atoms with E-state index in [2.05, 4.69) is 15.4 Å². The molecule has 6 heteroatoms. The second kappa shape index (κ2) is 8.06. The average Bonchev–Trinajstić information content (AvgIpc) is 2.77. The number of carbonyl (C=O) groups excluding carboxylic acids is 1. The van der Waals surface area contributed by atoms with Crippen molar-refractivity contribution in [3.05, 3.63) is 106 Å². The number of carbonyl (C=O) groups is 1. The van der Waals surface area contributed by atoms with E-state index < -0.39 is 0 Å². The first-order valence-corrected chi connectivity index (χ1v) is 9.38. The van der Waals surface area contributed by atoms with Gasteiger partial charge >= 0.3 is 0 Å². The fourth-order valence-corrected chi connectivity index (χ4v) is 3.25. The molecule has 2 aromatic carbocycles. The van der Waals surface area contributed by atoms with Crippen molar-refractivity contribution >= 4 is 16.7 Å². The zero-order chi connectivity index (χ0) is 20.2. The van der Waals surface area contributed by atoms with Crippen LogP contribution in [0.1, 0.15) is 34.6 Å². The number of benzene rings is 2. The maximum absolute atomic E-state index is 13.0. The Morgan fingerprint density at radius 3 is 2.45 bits per heavy atom. The summed E-state index contributed by atoms with van der Waals surface area (Å²) in [6.07, 6.45) is 3.40. The number of rotatable bonds is 5. The van der Waals surface area contributed by atoms with E-state index in [9.17, 15) is 9.59 Å². The summed E-state index contributed by atoms with van der Waals surface area (Å²) in [5, 5.41) is 8.39. The Balaban J connectivity index is 1.74. The molecule has 1 N–H and O–H groups in total. The highest BCUT2D eigenvalue weighted by atomic mass is 16.2. The molecule has 4 rings (SSSR count). The van der Waals surface area contributed by atoms with E-state index in [1.807, 2.05) is 49.4 Å². The van der Waals surface area contributed by atoms with E-state index in [0.29, 0.717) is 17.3 Å². The molecular formula is C23H20N4O2. The molecule has 0 fully saturated rings. The largest absolute Gasteiger partial charge is 0.344 e. The minimum Gasteiger partial charge on any atom is -0.344 e. The van der Waals surface area contributed by atoms with Crippen molar-refractivity contribution in [1.29, 1.82) is 0 Å². The fraction of sp³-hybridized carbons (Fsp3) is 0.130. The summed E-state index contributed by atoms with van der Waals surface area (Å²) >= 11 is 0. The summed E-state index contributed by atoms with van der Waals surface area (Å²) in [6, 6.07) is 20.1. The van der Waals surface area contributed by atoms with E-state index in [1.54, 1.807) is 36.7 Å². The molecule has 0 aliphatic rings. The lowest BCUT2D eigenvalue weighted by atomic mass is 10.1. The highest BCUT2D eigenvalue weighted by molar-refractivity contribution is 6.04. The molecule has 2 heterocycles. The van der Waals surface area contributed by atoms with Crippen LogP contribution in [0, 0.1) is 0 Å². The van der Waals surface area contributed by atoms with Crippen molar-refractivity contribution in [3.63, 3.8) is 0 Å². The van der Waals surface area contributed by atoms with E-state index in [4.69, 9.17) is 0 Å². The molecular weight excluding hydrogens is 364 g/mol. The molecule has 0 saturated heterocycles. The Hall–Kier alpha value is -3.80. The number of aromatic nitrogens is 3. The van der Waals surface area contributed by atoms with Gasteiger partial charge in [0.05, 0.1) is 18.0 Å². The smallest absolute Gasteiger partial charge is 0.274 e. The monoisotopic (exact) mass is 384 g/mol. The average molecular weight is 384 g/mol. The standard InChI is InChI=1S/C23H20N4O2/c1-16(18-10-7-13-24-14-18)25-22(28)21-19-11-5-6-12-20(19)23(29)27(26-21)15-17-8-3-2-4-9-17/h2-14,16H,15H2,1H3,(H,25,28). The van der Waals surface area contributed by atoms with Gasteiger partial charge in [-0.2, -0.15) is 5.10 Å². The highest BCUT2D eigenvalue weighted by Gasteiger charge is 2.19. The van der Waals surface area contributed by atoms with Crippen molar-refractivity contribution in [2.24, 2.45) is 0 Å². The van der Waals surface area contributed by atoms with Crippen molar-refractivity contribution < 1.29 is 4.79 Å². The van der Waals surface area contributed by atoms with Crippen molar-refractivity contribution in [1.82, 2.24) is 20.1 Å². The molecule has 0 bridgehead atoms. The van der Waals surface area contributed by atoms with Crippen LogP contribution in [0.5, 0.6) is 0 Å². The first kappa shape index (κ1) is 18.6. The molecule has 1 unspecified atom stereocenters. The SMILES string of the molecule is CC(NC(=O)c1nn(Cc2ccccc2)c(=O)c2ccccc12)c1cccnc1. The molecule has 0 saturated carbocycles.